The highest BCUT2D eigenvalue weighted by atomic mass is 16.5. The first kappa shape index (κ1) is 31.6. The molecule has 11 nitrogen and oxygen atoms in total. The van der Waals surface area contributed by atoms with E-state index in [1.807, 2.05) is 0 Å². The number of unbranched alkanes of at least 4 members (excludes halogenated alkanes) is 5. The predicted octanol–water partition coefficient (Wildman–Crippen LogP) is 2.94. The van der Waals surface area contributed by atoms with Crippen LogP contribution in [-0.2, 0) is 19.1 Å². The molecule has 1 rings (SSSR count). The number of rotatable bonds is 16. The molecule has 0 bridgehead atoms. The number of hydrogen-bond donors (Lipinski definition) is 5. The highest BCUT2D eigenvalue weighted by molar-refractivity contribution is 5.90. The van der Waals surface area contributed by atoms with Gasteiger partial charge in [0.1, 0.15) is 18.2 Å². The molecule has 1 fully saturated rings. The van der Waals surface area contributed by atoms with E-state index >= 15 is 0 Å². The Hall–Kier alpha value is -2.40. The second kappa shape index (κ2) is 16.4. The second-order valence-corrected chi connectivity index (χ2v) is 10.2. The fourth-order valence-corrected chi connectivity index (χ4v) is 4.18. The fraction of sp³-hybridized carbons (Fsp3) is 0.840. The number of nitrogens with one attached hydrogen (secondary N) is 2. The predicted molar refractivity (Wildman–Crippen MR) is 134 cm³/mol. The minimum absolute atomic E-state index is 0.233. The molecular formula is C25H46N4O7. The molecule has 6 N–H and O–H groups in total. The highest BCUT2D eigenvalue weighted by Crippen LogP contribution is 2.29. The number of esters is 1. The number of ether oxygens (including phenoxy) is 1. The lowest BCUT2D eigenvalue weighted by Gasteiger charge is -2.34. The number of carboxylic acid groups (broad SMARTS) is 1. The van der Waals surface area contributed by atoms with Crippen molar-refractivity contribution in [3.63, 3.8) is 0 Å². The summed E-state index contributed by atoms with van der Waals surface area (Å²) in [6.07, 6.45) is 6.82. The molecule has 0 aromatic heterocycles. The summed E-state index contributed by atoms with van der Waals surface area (Å²) >= 11 is 0. The summed E-state index contributed by atoms with van der Waals surface area (Å²) in [7, 11) is 0. The molecule has 3 amide bonds. The van der Waals surface area contributed by atoms with E-state index in [1.165, 1.54) is 0 Å². The van der Waals surface area contributed by atoms with Gasteiger partial charge >= 0.3 is 12.1 Å². The van der Waals surface area contributed by atoms with Crippen molar-refractivity contribution in [3.05, 3.63) is 0 Å². The SMILES string of the molecule is CCCCCCC[C@H](OC(=O)[C@H](N)CCCCNC(=O)O)C(C)(C)C(=O)N[C@H]1CCCCN(O)C1=O. The van der Waals surface area contributed by atoms with Crippen molar-refractivity contribution in [2.45, 2.75) is 116 Å². The van der Waals surface area contributed by atoms with Crippen LogP contribution in [0.5, 0.6) is 0 Å². The normalized spacial score (nSPS) is 18.2. The number of nitrogens with two attached hydrogens (primary N) is 1. The Balaban J connectivity index is 2.80. The van der Waals surface area contributed by atoms with Gasteiger partial charge < -0.3 is 26.2 Å². The summed E-state index contributed by atoms with van der Waals surface area (Å²) in [4.78, 5) is 49.0. The van der Waals surface area contributed by atoms with E-state index in [1.54, 1.807) is 13.8 Å². The number of carbonyl (C=O) groups excluding carboxylic acids is 3. The van der Waals surface area contributed by atoms with Crippen molar-refractivity contribution in [2.75, 3.05) is 13.1 Å². The zero-order valence-electron chi connectivity index (χ0n) is 22.1. The molecule has 0 aliphatic carbocycles. The van der Waals surface area contributed by atoms with Gasteiger partial charge in [-0.15, -0.1) is 0 Å². The quantitative estimate of drug-likeness (QED) is 0.119. The first-order chi connectivity index (χ1) is 17.0. The van der Waals surface area contributed by atoms with Crippen LogP contribution in [0.15, 0.2) is 0 Å². The lowest BCUT2D eigenvalue weighted by molar-refractivity contribution is -0.169. The largest absolute Gasteiger partial charge is 0.465 e. The van der Waals surface area contributed by atoms with Crippen molar-refractivity contribution in [2.24, 2.45) is 11.1 Å². The summed E-state index contributed by atoms with van der Waals surface area (Å²) in [5.41, 5.74) is 4.91. The van der Waals surface area contributed by atoms with E-state index in [-0.39, 0.29) is 13.1 Å². The number of carbonyl (C=O) groups is 4. The maximum absolute atomic E-state index is 13.3. The molecule has 36 heavy (non-hydrogen) atoms. The number of amides is 3. The van der Waals surface area contributed by atoms with Gasteiger partial charge in [0.25, 0.3) is 5.91 Å². The Bertz CT molecular complexity index is 717. The van der Waals surface area contributed by atoms with E-state index in [0.717, 1.165) is 32.1 Å². The Morgan fingerprint density at radius 3 is 2.44 bits per heavy atom. The Morgan fingerprint density at radius 1 is 1.11 bits per heavy atom. The van der Waals surface area contributed by atoms with Gasteiger partial charge in [-0.25, -0.2) is 9.86 Å². The molecule has 11 heteroatoms. The average Bonchev–Trinajstić information content (AvgIpc) is 2.98. The van der Waals surface area contributed by atoms with Gasteiger partial charge in [-0.2, -0.15) is 0 Å². The molecule has 0 aromatic carbocycles. The molecule has 3 atom stereocenters. The molecule has 0 spiro atoms. The van der Waals surface area contributed by atoms with Gasteiger partial charge in [0, 0.05) is 13.1 Å². The Morgan fingerprint density at radius 2 is 1.78 bits per heavy atom. The number of hydrogen-bond acceptors (Lipinski definition) is 7. The molecular weight excluding hydrogens is 468 g/mol. The van der Waals surface area contributed by atoms with Gasteiger partial charge in [0.05, 0.1) is 5.41 Å². The first-order valence-electron chi connectivity index (χ1n) is 13.2. The van der Waals surface area contributed by atoms with Crippen LogP contribution in [0, 0.1) is 5.41 Å². The summed E-state index contributed by atoms with van der Waals surface area (Å²) < 4.78 is 5.78. The molecule has 1 heterocycles. The minimum Gasteiger partial charge on any atom is -0.465 e. The maximum Gasteiger partial charge on any atom is 0.404 e. The molecule has 1 aliphatic heterocycles. The van der Waals surface area contributed by atoms with Crippen LogP contribution in [0.1, 0.15) is 97.8 Å². The maximum atomic E-state index is 13.3. The third kappa shape index (κ3) is 11.1. The number of nitrogens with zero attached hydrogens (tertiary/aromatic N) is 1. The van der Waals surface area contributed by atoms with Crippen molar-refractivity contribution in [3.8, 4) is 0 Å². The zero-order chi connectivity index (χ0) is 27.1. The molecule has 0 radical (unpaired) electrons. The van der Waals surface area contributed by atoms with Gasteiger partial charge in [0.15, 0.2) is 0 Å². The van der Waals surface area contributed by atoms with Crippen LogP contribution < -0.4 is 16.4 Å². The second-order valence-electron chi connectivity index (χ2n) is 10.2. The highest BCUT2D eigenvalue weighted by Gasteiger charge is 2.42. The van der Waals surface area contributed by atoms with E-state index in [0.29, 0.717) is 50.0 Å². The summed E-state index contributed by atoms with van der Waals surface area (Å²) in [6, 6.07) is -1.71. The lowest BCUT2D eigenvalue weighted by atomic mass is 9.82. The zero-order valence-corrected chi connectivity index (χ0v) is 22.1. The van der Waals surface area contributed by atoms with Crippen LogP contribution in [-0.4, -0.2) is 70.5 Å². The van der Waals surface area contributed by atoms with Gasteiger partial charge in [-0.3, -0.25) is 19.6 Å². The topological polar surface area (TPSA) is 171 Å². The number of hydroxylamine groups is 2. The molecule has 0 saturated carbocycles. The van der Waals surface area contributed by atoms with E-state index in [4.69, 9.17) is 15.6 Å². The minimum atomic E-state index is -1.13. The molecule has 1 saturated heterocycles. The molecule has 1 aliphatic rings. The Labute approximate surface area is 214 Å². The monoisotopic (exact) mass is 514 g/mol. The smallest absolute Gasteiger partial charge is 0.404 e. The van der Waals surface area contributed by atoms with E-state index in [9.17, 15) is 24.4 Å². The average molecular weight is 515 g/mol. The van der Waals surface area contributed by atoms with Crippen LogP contribution in [0.25, 0.3) is 0 Å². The fourth-order valence-electron chi connectivity index (χ4n) is 4.18. The van der Waals surface area contributed by atoms with Gasteiger partial charge in [-0.05, 0) is 65.2 Å². The van der Waals surface area contributed by atoms with Crippen molar-refractivity contribution in [1.29, 1.82) is 0 Å². The van der Waals surface area contributed by atoms with Crippen LogP contribution in [0.4, 0.5) is 4.79 Å². The van der Waals surface area contributed by atoms with E-state index in [2.05, 4.69) is 17.6 Å². The molecule has 208 valence electrons. The lowest BCUT2D eigenvalue weighted by Crippen LogP contribution is -2.54. The molecule has 0 aromatic rings. The standard InChI is InChI=1S/C25H46N4O7/c1-4-5-6-7-8-15-20(36-22(31)18(26)13-9-11-16-27-24(33)34)25(2,3)23(32)28-19-14-10-12-17-29(35)21(19)30/h18-20,27,35H,4-17,26H2,1-3H3,(H,28,32)(H,33,34)/t18-,19+,20+/m1/s1. The summed E-state index contributed by atoms with van der Waals surface area (Å²) in [5.74, 6) is -1.56. The van der Waals surface area contributed by atoms with Crippen LogP contribution in [0.2, 0.25) is 0 Å². The van der Waals surface area contributed by atoms with Crippen molar-refractivity contribution in [1.82, 2.24) is 15.7 Å². The molecule has 0 unspecified atom stereocenters. The van der Waals surface area contributed by atoms with Crippen molar-refractivity contribution < 1.29 is 34.2 Å². The first-order valence-corrected chi connectivity index (χ1v) is 13.2. The third-order valence-corrected chi connectivity index (χ3v) is 6.71. The van der Waals surface area contributed by atoms with Gasteiger partial charge in [-0.1, -0.05) is 32.6 Å². The van der Waals surface area contributed by atoms with Gasteiger partial charge in [0.2, 0.25) is 5.91 Å². The third-order valence-electron chi connectivity index (χ3n) is 6.71. The van der Waals surface area contributed by atoms with Crippen LogP contribution >= 0.6 is 0 Å². The van der Waals surface area contributed by atoms with Crippen molar-refractivity contribution >= 4 is 23.9 Å². The van der Waals surface area contributed by atoms with E-state index < -0.39 is 47.5 Å². The van der Waals surface area contributed by atoms with Crippen LogP contribution in [0.3, 0.4) is 0 Å². The summed E-state index contributed by atoms with van der Waals surface area (Å²) in [6.45, 7) is 6.01. The summed E-state index contributed by atoms with van der Waals surface area (Å²) in [5, 5.41) is 24.2. The Kier molecular flexibility index (Phi) is 14.4.